The molecule has 2 amide bonds. The Labute approximate surface area is 116 Å². The average Bonchev–Trinajstić information content (AvgIpc) is 2.25. The Morgan fingerprint density at radius 3 is 2.42 bits per heavy atom. The van der Waals surface area contributed by atoms with Crippen molar-refractivity contribution in [3.8, 4) is 0 Å². The van der Waals surface area contributed by atoms with E-state index in [-0.39, 0.29) is 5.41 Å². The zero-order valence-corrected chi connectivity index (χ0v) is 12.8. The summed E-state index contributed by atoms with van der Waals surface area (Å²) in [5.74, 6) is 0. The van der Waals surface area contributed by atoms with Crippen molar-refractivity contribution in [2.45, 2.75) is 53.9 Å². The van der Waals surface area contributed by atoms with Gasteiger partial charge in [-0.15, -0.1) is 0 Å². The van der Waals surface area contributed by atoms with Gasteiger partial charge in [0.05, 0.1) is 0 Å². The zero-order chi connectivity index (χ0) is 14.9. The van der Waals surface area contributed by atoms with E-state index in [1.807, 2.05) is 0 Å². The summed E-state index contributed by atoms with van der Waals surface area (Å²) in [6, 6.07) is -0.638. The fourth-order valence-corrected chi connectivity index (χ4v) is 1.45. The summed E-state index contributed by atoms with van der Waals surface area (Å²) in [6.07, 6.45) is 9.26. The molecule has 0 aliphatic carbocycles. The number of amides is 2. The van der Waals surface area contributed by atoms with Crippen LogP contribution in [-0.4, -0.2) is 12.2 Å². The second-order valence-electron chi connectivity index (χ2n) is 5.80. The van der Waals surface area contributed by atoms with E-state index < -0.39 is 6.03 Å². The first-order valence-corrected chi connectivity index (χ1v) is 6.61. The molecular weight excluding hydrogens is 238 g/mol. The smallest absolute Gasteiger partial charge is 0.332 e. The summed E-state index contributed by atoms with van der Waals surface area (Å²) in [7, 11) is 0. The fourth-order valence-electron chi connectivity index (χ4n) is 1.45. The molecule has 0 aromatic rings. The highest BCUT2D eigenvalue weighted by Gasteiger charge is 2.13. The van der Waals surface area contributed by atoms with Crippen LogP contribution in [0.25, 0.3) is 0 Å². The van der Waals surface area contributed by atoms with Gasteiger partial charge in [-0.1, -0.05) is 37.1 Å². The molecule has 0 saturated carbocycles. The Balaban J connectivity index is 4.22. The van der Waals surface area contributed by atoms with Gasteiger partial charge in [0.1, 0.15) is 0 Å². The van der Waals surface area contributed by atoms with Crippen LogP contribution in [0.2, 0.25) is 0 Å². The van der Waals surface area contributed by atoms with Crippen molar-refractivity contribution in [1.82, 2.24) is 5.43 Å². The predicted molar refractivity (Wildman–Crippen MR) is 82.0 cm³/mol. The number of hydrogen-bond acceptors (Lipinski definition) is 2. The predicted octanol–water partition coefficient (Wildman–Crippen LogP) is 3.75. The van der Waals surface area contributed by atoms with Crippen molar-refractivity contribution in [1.29, 1.82) is 0 Å². The molecule has 3 N–H and O–H groups in total. The summed E-state index contributed by atoms with van der Waals surface area (Å²) in [5.41, 5.74) is 9.80. The number of allylic oxidation sites excluding steroid dienone is 4. The van der Waals surface area contributed by atoms with E-state index in [1.165, 1.54) is 11.1 Å². The molecular formula is C15H27N3O. The topological polar surface area (TPSA) is 67.5 Å². The van der Waals surface area contributed by atoms with Crippen LogP contribution in [0.1, 0.15) is 53.9 Å². The van der Waals surface area contributed by atoms with Crippen LogP contribution in [0.4, 0.5) is 4.79 Å². The van der Waals surface area contributed by atoms with Gasteiger partial charge in [0.2, 0.25) is 0 Å². The largest absolute Gasteiger partial charge is 0.350 e. The number of nitrogens with one attached hydrogen (secondary N) is 1. The number of hydrazone groups is 1. The standard InChI is InChI=1S/C15H27N3O/c1-12(2)7-6-8-13(3)9-10-15(4,5)11-17-18-14(16)19/h7,9,11H,6,8,10H2,1-5H3,(H3,16,18,19)/b13-9+,17-11-. The lowest BCUT2D eigenvalue weighted by atomic mass is 9.89. The molecule has 0 bridgehead atoms. The Hall–Kier alpha value is -1.58. The van der Waals surface area contributed by atoms with Crippen molar-refractivity contribution < 1.29 is 4.79 Å². The zero-order valence-electron chi connectivity index (χ0n) is 12.8. The molecule has 0 fully saturated rings. The third-order valence-electron chi connectivity index (χ3n) is 2.66. The molecule has 0 aliphatic rings. The van der Waals surface area contributed by atoms with Gasteiger partial charge in [-0.25, -0.2) is 10.2 Å². The van der Waals surface area contributed by atoms with Crippen LogP contribution in [-0.2, 0) is 0 Å². The van der Waals surface area contributed by atoms with Crippen LogP contribution in [0, 0.1) is 5.41 Å². The first-order valence-electron chi connectivity index (χ1n) is 6.61. The van der Waals surface area contributed by atoms with Crippen molar-refractivity contribution in [2.24, 2.45) is 16.3 Å². The highest BCUT2D eigenvalue weighted by Crippen LogP contribution is 2.20. The van der Waals surface area contributed by atoms with E-state index >= 15 is 0 Å². The molecule has 4 nitrogen and oxygen atoms in total. The maximum Gasteiger partial charge on any atom is 0.332 e. The maximum atomic E-state index is 10.5. The normalized spacial score (nSPS) is 12.6. The van der Waals surface area contributed by atoms with Crippen molar-refractivity contribution in [3.63, 3.8) is 0 Å². The summed E-state index contributed by atoms with van der Waals surface area (Å²) < 4.78 is 0. The van der Waals surface area contributed by atoms with Crippen LogP contribution < -0.4 is 11.2 Å². The first kappa shape index (κ1) is 17.4. The SMILES string of the molecule is CC(C)=CCC/C(C)=C/CC(C)(C)/C=N\NC(N)=O. The van der Waals surface area contributed by atoms with E-state index in [1.54, 1.807) is 6.21 Å². The monoisotopic (exact) mass is 265 g/mol. The summed E-state index contributed by atoms with van der Waals surface area (Å²) in [5, 5.41) is 3.82. The van der Waals surface area contributed by atoms with Crippen molar-refractivity contribution >= 4 is 12.2 Å². The van der Waals surface area contributed by atoms with Gasteiger partial charge in [0.15, 0.2) is 0 Å². The van der Waals surface area contributed by atoms with Crippen molar-refractivity contribution in [2.75, 3.05) is 0 Å². The number of nitrogens with two attached hydrogens (primary N) is 1. The van der Waals surface area contributed by atoms with Gasteiger partial charge in [0.25, 0.3) is 0 Å². The average molecular weight is 265 g/mol. The Kier molecular flexibility index (Phi) is 7.80. The molecule has 0 aromatic carbocycles. The molecule has 0 unspecified atom stereocenters. The van der Waals surface area contributed by atoms with Gasteiger partial charge in [-0.05, 0) is 40.0 Å². The first-order chi connectivity index (χ1) is 8.73. The molecule has 0 aliphatic heterocycles. The Morgan fingerprint density at radius 1 is 1.26 bits per heavy atom. The Morgan fingerprint density at radius 2 is 1.89 bits per heavy atom. The Bertz CT molecular complexity index is 375. The number of carbonyl (C=O) groups excluding carboxylic acids is 1. The quantitative estimate of drug-likeness (QED) is 0.411. The van der Waals surface area contributed by atoms with Crippen LogP contribution >= 0.6 is 0 Å². The van der Waals surface area contributed by atoms with E-state index in [0.717, 1.165) is 19.3 Å². The summed E-state index contributed by atoms with van der Waals surface area (Å²) >= 11 is 0. The lowest BCUT2D eigenvalue weighted by Gasteiger charge is -2.17. The maximum absolute atomic E-state index is 10.5. The molecule has 0 saturated heterocycles. The molecule has 0 spiro atoms. The second-order valence-corrected chi connectivity index (χ2v) is 5.80. The number of urea groups is 1. The molecule has 108 valence electrons. The fraction of sp³-hybridized carbons (Fsp3) is 0.600. The van der Waals surface area contributed by atoms with E-state index in [2.05, 4.69) is 57.3 Å². The highest BCUT2D eigenvalue weighted by atomic mass is 16.2. The van der Waals surface area contributed by atoms with Crippen molar-refractivity contribution in [3.05, 3.63) is 23.3 Å². The molecule has 0 atom stereocenters. The third-order valence-corrected chi connectivity index (χ3v) is 2.66. The summed E-state index contributed by atoms with van der Waals surface area (Å²) in [4.78, 5) is 10.5. The lowest BCUT2D eigenvalue weighted by molar-refractivity contribution is 0.249. The lowest BCUT2D eigenvalue weighted by Crippen LogP contribution is -2.26. The van der Waals surface area contributed by atoms with E-state index in [0.29, 0.717) is 0 Å². The van der Waals surface area contributed by atoms with Gasteiger partial charge in [-0.2, -0.15) is 5.10 Å². The number of nitrogens with zero attached hydrogens (tertiary/aromatic N) is 1. The molecule has 0 radical (unpaired) electrons. The molecule has 19 heavy (non-hydrogen) atoms. The van der Waals surface area contributed by atoms with Gasteiger partial charge in [-0.3, -0.25) is 0 Å². The second kappa shape index (κ2) is 8.51. The van der Waals surface area contributed by atoms with Gasteiger partial charge in [0, 0.05) is 11.6 Å². The molecule has 0 aromatic heterocycles. The minimum atomic E-state index is -0.638. The summed E-state index contributed by atoms with van der Waals surface area (Å²) in [6.45, 7) is 10.5. The minimum absolute atomic E-state index is 0.0970. The molecule has 0 rings (SSSR count). The number of rotatable bonds is 7. The van der Waals surface area contributed by atoms with Crippen LogP contribution in [0.5, 0.6) is 0 Å². The van der Waals surface area contributed by atoms with Crippen LogP contribution in [0.15, 0.2) is 28.4 Å². The number of hydrogen-bond donors (Lipinski definition) is 2. The van der Waals surface area contributed by atoms with E-state index in [9.17, 15) is 4.79 Å². The van der Waals surface area contributed by atoms with Gasteiger partial charge >= 0.3 is 6.03 Å². The van der Waals surface area contributed by atoms with Gasteiger partial charge < -0.3 is 5.73 Å². The van der Waals surface area contributed by atoms with Crippen LogP contribution in [0.3, 0.4) is 0 Å². The molecule has 0 heterocycles. The number of primary amides is 1. The third kappa shape index (κ3) is 11.3. The highest BCUT2D eigenvalue weighted by molar-refractivity contribution is 5.73. The minimum Gasteiger partial charge on any atom is -0.350 e. The number of carbonyl (C=O) groups is 1. The van der Waals surface area contributed by atoms with E-state index in [4.69, 9.17) is 5.73 Å². The molecule has 4 heteroatoms.